The summed E-state index contributed by atoms with van der Waals surface area (Å²) >= 11 is 1.47. The molecule has 3 heterocycles. The maximum atomic E-state index is 13.9. The first-order chi connectivity index (χ1) is 15.2. The van der Waals surface area contributed by atoms with Crippen LogP contribution in [0.5, 0.6) is 0 Å². The summed E-state index contributed by atoms with van der Waals surface area (Å²) in [6.45, 7) is 0. The normalized spacial score (nSPS) is 16.6. The van der Waals surface area contributed by atoms with E-state index in [0.29, 0.717) is 10.6 Å². The molecule has 0 amide bonds. The number of nitrogen functional groups attached to an aromatic ring is 1. The van der Waals surface area contributed by atoms with Crippen molar-refractivity contribution in [3.05, 3.63) is 57.7 Å². The molecule has 2 aliphatic carbocycles. The van der Waals surface area contributed by atoms with Gasteiger partial charge in [0.2, 0.25) is 0 Å². The van der Waals surface area contributed by atoms with Crippen molar-refractivity contribution in [3.63, 3.8) is 0 Å². The average Bonchev–Trinajstić information content (AvgIpc) is 3.28. The quantitative estimate of drug-likeness (QED) is 0.400. The zero-order valence-electron chi connectivity index (χ0n) is 17.7. The lowest BCUT2D eigenvalue weighted by molar-refractivity contribution is 0.0966. The van der Waals surface area contributed by atoms with E-state index in [9.17, 15) is 4.79 Å². The number of nitrogens with two attached hydrogens (primary N) is 1. The van der Waals surface area contributed by atoms with Gasteiger partial charge in [0.05, 0.1) is 11.2 Å². The highest BCUT2D eigenvalue weighted by Crippen LogP contribution is 2.38. The Morgan fingerprint density at radius 3 is 2.61 bits per heavy atom. The van der Waals surface area contributed by atoms with Crippen LogP contribution in [0.3, 0.4) is 0 Å². The molecule has 6 rings (SSSR count). The molecular weight excluding hydrogens is 402 g/mol. The number of aromatic nitrogens is 2. The number of rotatable bonds is 1. The number of fused-ring (bicyclic) bond motifs is 5. The number of thiophene rings is 1. The van der Waals surface area contributed by atoms with E-state index in [1.807, 2.05) is 10.6 Å². The van der Waals surface area contributed by atoms with Gasteiger partial charge in [-0.1, -0.05) is 31.0 Å². The third kappa shape index (κ3) is 3.01. The molecule has 0 spiro atoms. The van der Waals surface area contributed by atoms with E-state index in [2.05, 4.69) is 24.3 Å². The number of benzene rings is 1. The van der Waals surface area contributed by atoms with E-state index in [0.717, 1.165) is 47.8 Å². The van der Waals surface area contributed by atoms with E-state index < -0.39 is 0 Å². The Kier molecular flexibility index (Phi) is 4.60. The molecule has 0 atom stereocenters. The van der Waals surface area contributed by atoms with Crippen LogP contribution in [-0.4, -0.2) is 15.5 Å². The van der Waals surface area contributed by atoms with Crippen molar-refractivity contribution in [1.82, 2.24) is 9.55 Å². The van der Waals surface area contributed by atoms with Crippen molar-refractivity contribution in [2.24, 2.45) is 0 Å². The second kappa shape index (κ2) is 7.49. The summed E-state index contributed by atoms with van der Waals surface area (Å²) in [4.78, 5) is 20.4. The zero-order valence-corrected chi connectivity index (χ0v) is 18.6. The SMILES string of the molecule is Nc1c(C(=O)n2c3c(c4ccccc42)CCCC3)sc2nc3c(cc12)CCCCCC3. The van der Waals surface area contributed by atoms with Crippen molar-refractivity contribution in [2.45, 2.75) is 64.2 Å². The Bertz CT molecular complexity index is 1330. The highest BCUT2D eigenvalue weighted by Gasteiger charge is 2.27. The van der Waals surface area contributed by atoms with Crippen molar-refractivity contribution in [1.29, 1.82) is 0 Å². The van der Waals surface area contributed by atoms with Crippen molar-refractivity contribution in [3.8, 4) is 0 Å². The summed E-state index contributed by atoms with van der Waals surface area (Å²) in [6.07, 6.45) is 11.4. The molecule has 31 heavy (non-hydrogen) atoms. The molecule has 4 nitrogen and oxygen atoms in total. The lowest BCUT2D eigenvalue weighted by Gasteiger charge is -2.14. The maximum absolute atomic E-state index is 13.9. The number of hydrogen-bond acceptors (Lipinski definition) is 4. The van der Waals surface area contributed by atoms with Gasteiger partial charge in [-0.3, -0.25) is 9.36 Å². The molecule has 0 radical (unpaired) electrons. The predicted molar refractivity (Wildman–Crippen MR) is 128 cm³/mol. The van der Waals surface area contributed by atoms with Crippen LogP contribution in [0.1, 0.15) is 70.7 Å². The minimum absolute atomic E-state index is 0.00673. The molecule has 0 unspecified atom stereocenters. The zero-order chi connectivity index (χ0) is 20.9. The summed E-state index contributed by atoms with van der Waals surface area (Å²) in [5.41, 5.74) is 13.3. The molecule has 4 aromatic rings. The Morgan fingerprint density at radius 2 is 1.71 bits per heavy atom. The molecule has 2 aliphatic rings. The fourth-order valence-electron chi connectivity index (χ4n) is 5.50. The van der Waals surface area contributed by atoms with Crippen LogP contribution in [0.2, 0.25) is 0 Å². The van der Waals surface area contributed by atoms with Gasteiger partial charge in [0.15, 0.2) is 0 Å². The molecule has 0 saturated carbocycles. The van der Waals surface area contributed by atoms with Crippen molar-refractivity contribution < 1.29 is 4.79 Å². The predicted octanol–water partition coefficient (Wildman–Crippen LogP) is 6.06. The minimum Gasteiger partial charge on any atom is -0.397 e. The number of pyridine rings is 1. The van der Waals surface area contributed by atoms with E-state index >= 15 is 0 Å². The summed E-state index contributed by atoms with van der Waals surface area (Å²) in [5, 5.41) is 2.17. The van der Waals surface area contributed by atoms with Crippen molar-refractivity contribution >= 4 is 44.1 Å². The summed E-state index contributed by atoms with van der Waals surface area (Å²) in [5.74, 6) is 0.00673. The maximum Gasteiger partial charge on any atom is 0.274 e. The Balaban J connectivity index is 1.51. The number of aryl methyl sites for hydroxylation is 3. The van der Waals surface area contributed by atoms with Crippen LogP contribution < -0.4 is 5.73 Å². The Morgan fingerprint density at radius 1 is 0.935 bits per heavy atom. The summed E-state index contributed by atoms with van der Waals surface area (Å²) in [7, 11) is 0. The third-order valence-electron chi connectivity index (χ3n) is 7.08. The van der Waals surface area contributed by atoms with E-state index in [-0.39, 0.29) is 5.91 Å². The van der Waals surface area contributed by atoms with Crippen molar-refractivity contribution in [2.75, 3.05) is 5.73 Å². The summed E-state index contributed by atoms with van der Waals surface area (Å²) < 4.78 is 1.95. The van der Waals surface area contributed by atoms with Crippen LogP contribution in [0.4, 0.5) is 5.69 Å². The second-order valence-electron chi connectivity index (χ2n) is 9.00. The van der Waals surface area contributed by atoms with Gasteiger partial charge in [-0.15, -0.1) is 11.3 Å². The first kappa shape index (κ1) is 19.1. The molecule has 2 N–H and O–H groups in total. The van der Waals surface area contributed by atoms with Crippen LogP contribution in [0.15, 0.2) is 30.3 Å². The van der Waals surface area contributed by atoms with Crippen LogP contribution in [0.25, 0.3) is 21.1 Å². The Hall–Kier alpha value is -2.66. The number of carbonyl (C=O) groups excluding carboxylic acids is 1. The van der Waals surface area contributed by atoms with E-state index in [4.69, 9.17) is 10.7 Å². The van der Waals surface area contributed by atoms with Gasteiger partial charge in [0, 0.05) is 22.2 Å². The molecule has 3 aromatic heterocycles. The molecule has 0 bridgehead atoms. The van der Waals surface area contributed by atoms with Gasteiger partial charge in [0.1, 0.15) is 9.71 Å². The molecule has 0 fully saturated rings. The Labute approximate surface area is 186 Å². The molecule has 0 saturated heterocycles. The first-order valence-corrected chi connectivity index (χ1v) is 12.4. The molecular formula is C26H27N3OS. The van der Waals surface area contributed by atoms with Crippen LogP contribution in [0, 0.1) is 0 Å². The van der Waals surface area contributed by atoms with Gasteiger partial charge in [-0.2, -0.15) is 0 Å². The fraction of sp³-hybridized carbons (Fsp3) is 0.385. The van der Waals surface area contributed by atoms with Gasteiger partial charge in [-0.05, 0) is 74.6 Å². The lowest BCUT2D eigenvalue weighted by atomic mass is 9.95. The second-order valence-corrected chi connectivity index (χ2v) is 10.00. The molecule has 5 heteroatoms. The smallest absolute Gasteiger partial charge is 0.274 e. The van der Waals surface area contributed by atoms with E-state index in [1.165, 1.54) is 71.3 Å². The monoisotopic (exact) mass is 429 g/mol. The topological polar surface area (TPSA) is 60.9 Å². The number of hydrogen-bond donors (Lipinski definition) is 1. The highest BCUT2D eigenvalue weighted by molar-refractivity contribution is 7.21. The first-order valence-electron chi connectivity index (χ1n) is 11.6. The molecule has 0 aliphatic heterocycles. The minimum atomic E-state index is 0.00673. The average molecular weight is 430 g/mol. The third-order valence-corrected chi connectivity index (χ3v) is 8.18. The van der Waals surface area contributed by atoms with Gasteiger partial charge in [0.25, 0.3) is 5.91 Å². The number of nitrogens with zero attached hydrogens (tertiary/aromatic N) is 2. The summed E-state index contributed by atoms with van der Waals surface area (Å²) in [6, 6.07) is 10.5. The van der Waals surface area contributed by atoms with Gasteiger partial charge < -0.3 is 5.73 Å². The van der Waals surface area contributed by atoms with Crippen LogP contribution >= 0.6 is 11.3 Å². The van der Waals surface area contributed by atoms with Crippen LogP contribution in [-0.2, 0) is 25.7 Å². The van der Waals surface area contributed by atoms with Gasteiger partial charge in [-0.25, -0.2) is 4.98 Å². The molecule has 1 aromatic carbocycles. The number of anilines is 1. The number of para-hydroxylation sites is 1. The lowest BCUT2D eigenvalue weighted by Crippen LogP contribution is -2.17. The highest BCUT2D eigenvalue weighted by atomic mass is 32.1. The van der Waals surface area contributed by atoms with E-state index in [1.54, 1.807) is 0 Å². The number of carbonyl (C=O) groups is 1. The van der Waals surface area contributed by atoms with Gasteiger partial charge >= 0.3 is 0 Å². The largest absolute Gasteiger partial charge is 0.397 e. The fourth-order valence-corrected chi connectivity index (χ4v) is 6.53. The standard InChI is InChI=1S/C26H27N3OS/c27-23-19-15-16-9-3-1-2-4-12-20(16)28-25(19)31-24(23)26(30)29-21-13-7-5-10-17(21)18-11-6-8-14-22(18)29/h5,7,10,13,15H,1-4,6,8-9,11-12,14,27H2. The molecule has 158 valence electrons.